The fourth-order valence-corrected chi connectivity index (χ4v) is 1.96. The number of carbonyl (C=O) groups excluding carboxylic acids is 1. The predicted molar refractivity (Wildman–Crippen MR) is 48.7 cm³/mol. The predicted octanol–water partition coefficient (Wildman–Crippen LogP) is 3.20. The van der Waals surface area contributed by atoms with Crippen molar-refractivity contribution in [3.8, 4) is 0 Å². The van der Waals surface area contributed by atoms with E-state index in [-0.39, 0.29) is 4.88 Å². The van der Waals surface area contributed by atoms with Crippen molar-refractivity contribution in [3.63, 3.8) is 0 Å². The second-order valence-electron chi connectivity index (χ2n) is 3.07. The number of alkyl halides is 2. The number of Topliss-reactive ketones (excluding diaryl/α,β-unsaturated/α-hetero) is 1. The van der Waals surface area contributed by atoms with Crippen LogP contribution in [0.15, 0.2) is 6.07 Å². The van der Waals surface area contributed by atoms with E-state index in [0.717, 1.165) is 21.8 Å². The van der Waals surface area contributed by atoms with Crippen LogP contribution in [0, 0.1) is 13.8 Å². The first-order valence-electron chi connectivity index (χ1n) is 3.82. The molecule has 1 heterocycles. The molecule has 0 radical (unpaired) electrons. The molecule has 0 N–H and O–H groups in total. The van der Waals surface area contributed by atoms with Crippen LogP contribution < -0.4 is 0 Å². The summed E-state index contributed by atoms with van der Waals surface area (Å²) in [4.78, 5) is 12.1. The van der Waals surface area contributed by atoms with E-state index in [4.69, 9.17) is 0 Å². The summed E-state index contributed by atoms with van der Waals surface area (Å²) in [6, 6.07) is 1.51. The minimum Gasteiger partial charge on any atom is -0.286 e. The Labute approximate surface area is 79.4 Å². The van der Waals surface area contributed by atoms with E-state index in [1.807, 2.05) is 6.92 Å². The van der Waals surface area contributed by atoms with E-state index >= 15 is 0 Å². The Balaban J connectivity index is 3.03. The zero-order valence-corrected chi connectivity index (χ0v) is 8.47. The Kier molecular flexibility index (Phi) is 2.52. The quantitative estimate of drug-likeness (QED) is 0.676. The Hall–Kier alpha value is -0.770. The standard InChI is InChI=1S/C9H10F2OS/c1-5-4-7(13-6(5)2)8(12)9(3,10)11/h4H,1-3H3. The minimum absolute atomic E-state index is 0.141. The summed E-state index contributed by atoms with van der Waals surface area (Å²) in [6.45, 7) is 4.24. The van der Waals surface area contributed by atoms with Gasteiger partial charge in [0.05, 0.1) is 4.88 Å². The van der Waals surface area contributed by atoms with Crippen molar-refractivity contribution in [1.29, 1.82) is 0 Å². The van der Waals surface area contributed by atoms with E-state index in [9.17, 15) is 13.6 Å². The third-order valence-corrected chi connectivity index (χ3v) is 2.94. The topological polar surface area (TPSA) is 17.1 Å². The molecule has 1 nitrogen and oxygen atoms in total. The zero-order chi connectivity index (χ0) is 10.2. The van der Waals surface area contributed by atoms with E-state index in [1.165, 1.54) is 6.07 Å². The molecule has 0 unspecified atom stereocenters. The molecule has 1 rings (SSSR count). The normalized spacial score (nSPS) is 11.8. The molecule has 0 aliphatic heterocycles. The molecule has 0 aliphatic rings. The Morgan fingerprint density at radius 3 is 2.31 bits per heavy atom. The van der Waals surface area contributed by atoms with Gasteiger partial charge in [-0.25, -0.2) is 0 Å². The van der Waals surface area contributed by atoms with Gasteiger partial charge in [-0.3, -0.25) is 4.79 Å². The summed E-state index contributed by atoms with van der Waals surface area (Å²) in [5.41, 5.74) is 0.887. The van der Waals surface area contributed by atoms with Crippen LogP contribution in [-0.2, 0) is 0 Å². The number of carbonyl (C=O) groups is 1. The van der Waals surface area contributed by atoms with E-state index in [0.29, 0.717) is 6.92 Å². The van der Waals surface area contributed by atoms with Crippen molar-refractivity contribution < 1.29 is 13.6 Å². The lowest BCUT2D eigenvalue weighted by molar-refractivity contribution is 0.0226. The van der Waals surface area contributed by atoms with Gasteiger partial charge in [-0.15, -0.1) is 11.3 Å². The maximum Gasteiger partial charge on any atom is 0.307 e. The highest BCUT2D eigenvalue weighted by Crippen LogP contribution is 2.26. The monoisotopic (exact) mass is 204 g/mol. The van der Waals surface area contributed by atoms with Gasteiger partial charge in [0.25, 0.3) is 0 Å². The third-order valence-electron chi connectivity index (χ3n) is 1.79. The first-order valence-corrected chi connectivity index (χ1v) is 4.63. The largest absolute Gasteiger partial charge is 0.307 e. The molecule has 0 bridgehead atoms. The number of aryl methyl sites for hydroxylation is 2. The van der Waals surface area contributed by atoms with Gasteiger partial charge in [0, 0.05) is 11.8 Å². The number of thiophene rings is 1. The lowest BCUT2D eigenvalue weighted by Crippen LogP contribution is -2.23. The molecular formula is C9H10F2OS. The van der Waals surface area contributed by atoms with Gasteiger partial charge in [0.1, 0.15) is 0 Å². The number of halogens is 2. The molecule has 0 saturated carbocycles. The van der Waals surface area contributed by atoms with Gasteiger partial charge in [-0.1, -0.05) is 0 Å². The molecule has 0 atom stereocenters. The molecule has 0 saturated heterocycles. The van der Waals surface area contributed by atoms with Crippen LogP contribution in [0.4, 0.5) is 8.78 Å². The highest BCUT2D eigenvalue weighted by atomic mass is 32.1. The molecule has 13 heavy (non-hydrogen) atoms. The smallest absolute Gasteiger partial charge is 0.286 e. The highest BCUT2D eigenvalue weighted by Gasteiger charge is 2.34. The maximum atomic E-state index is 12.6. The molecule has 0 spiro atoms. The first kappa shape index (κ1) is 10.3. The van der Waals surface area contributed by atoms with Gasteiger partial charge < -0.3 is 0 Å². The van der Waals surface area contributed by atoms with Crippen molar-refractivity contribution in [2.24, 2.45) is 0 Å². The maximum absolute atomic E-state index is 12.6. The lowest BCUT2D eigenvalue weighted by atomic mass is 10.2. The van der Waals surface area contributed by atoms with Crippen LogP contribution in [0.1, 0.15) is 27.0 Å². The molecule has 1 aromatic rings. The second kappa shape index (κ2) is 3.18. The van der Waals surface area contributed by atoms with Gasteiger partial charge in [0.15, 0.2) is 0 Å². The summed E-state index contributed by atoms with van der Waals surface area (Å²) in [5, 5.41) is 0. The van der Waals surface area contributed by atoms with Crippen LogP contribution in [0.2, 0.25) is 0 Å². The van der Waals surface area contributed by atoms with Crippen LogP contribution >= 0.6 is 11.3 Å². The summed E-state index contributed by atoms with van der Waals surface area (Å²) in [6.07, 6.45) is 0. The average molecular weight is 204 g/mol. The van der Waals surface area contributed by atoms with Crippen molar-refractivity contribution >= 4 is 17.1 Å². The Bertz CT molecular complexity index is 316. The highest BCUT2D eigenvalue weighted by molar-refractivity contribution is 7.14. The van der Waals surface area contributed by atoms with Crippen molar-refractivity contribution in [2.75, 3.05) is 0 Å². The molecule has 1 aromatic heterocycles. The fraction of sp³-hybridized carbons (Fsp3) is 0.444. The molecule has 0 aliphatic carbocycles. The first-order chi connectivity index (χ1) is 5.82. The lowest BCUT2D eigenvalue weighted by Gasteiger charge is -2.05. The summed E-state index contributed by atoms with van der Waals surface area (Å²) >= 11 is 1.12. The summed E-state index contributed by atoms with van der Waals surface area (Å²) in [7, 11) is 0. The molecule has 0 amide bonds. The third kappa shape index (κ3) is 2.12. The average Bonchev–Trinajstić information content (AvgIpc) is 2.29. The number of rotatable bonds is 2. The minimum atomic E-state index is -3.26. The van der Waals surface area contributed by atoms with Gasteiger partial charge in [-0.05, 0) is 25.5 Å². The number of hydrogen-bond donors (Lipinski definition) is 0. The van der Waals surface area contributed by atoms with E-state index in [1.54, 1.807) is 6.92 Å². The second-order valence-corrected chi connectivity index (χ2v) is 4.32. The van der Waals surface area contributed by atoms with Crippen molar-refractivity contribution in [1.82, 2.24) is 0 Å². The van der Waals surface area contributed by atoms with Crippen LogP contribution in [0.3, 0.4) is 0 Å². The van der Waals surface area contributed by atoms with Crippen molar-refractivity contribution in [3.05, 3.63) is 21.4 Å². The SMILES string of the molecule is Cc1cc(C(=O)C(C)(F)F)sc1C. The number of hydrogen-bond acceptors (Lipinski definition) is 2. The molecule has 4 heteroatoms. The van der Waals surface area contributed by atoms with E-state index in [2.05, 4.69) is 0 Å². The molecule has 0 aromatic carbocycles. The van der Waals surface area contributed by atoms with Crippen molar-refractivity contribution in [2.45, 2.75) is 26.7 Å². The van der Waals surface area contributed by atoms with Crippen LogP contribution in [-0.4, -0.2) is 11.7 Å². The Morgan fingerprint density at radius 2 is 2.00 bits per heavy atom. The van der Waals surface area contributed by atoms with Gasteiger partial charge in [0.2, 0.25) is 5.78 Å². The van der Waals surface area contributed by atoms with E-state index < -0.39 is 11.7 Å². The zero-order valence-electron chi connectivity index (χ0n) is 7.65. The summed E-state index contributed by atoms with van der Waals surface area (Å²) in [5.74, 6) is -4.35. The molecule has 0 fully saturated rings. The van der Waals surface area contributed by atoms with Gasteiger partial charge >= 0.3 is 5.92 Å². The van der Waals surface area contributed by atoms with Gasteiger partial charge in [-0.2, -0.15) is 8.78 Å². The molecular weight excluding hydrogens is 194 g/mol. The molecule has 72 valence electrons. The summed E-state index contributed by atoms with van der Waals surface area (Å²) < 4.78 is 25.2. The fourth-order valence-electron chi connectivity index (χ4n) is 0.901. The Morgan fingerprint density at radius 1 is 1.46 bits per heavy atom. The van der Waals surface area contributed by atoms with Crippen LogP contribution in [0.5, 0.6) is 0 Å². The van der Waals surface area contributed by atoms with Crippen LogP contribution in [0.25, 0.3) is 0 Å². The number of ketones is 1.